The maximum atomic E-state index is 12.0. The van der Waals surface area contributed by atoms with Gasteiger partial charge >= 0.3 is 0 Å². The van der Waals surface area contributed by atoms with Gasteiger partial charge in [-0.1, -0.05) is 24.3 Å². The molecule has 2 aromatic heterocycles. The maximum Gasteiger partial charge on any atom is 0.249 e. The summed E-state index contributed by atoms with van der Waals surface area (Å²) in [7, 11) is 0. The van der Waals surface area contributed by atoms with Crippen molar-refractivity contribution in [2.45, 2.75) is 20.4 Å². The second-order valence-electron chi connectivity index (χ2n) is 5.90. The summed E-state index contributed by atoms with van der Waals surface area (Å²) in [5.41, 5.74) is 2.09. The Morgan fingerprint density at radius 3 is 2.73 bits per heavy atom. The van der Waals surface area contributed by atoms with E-state index in [4.69, 9.17) is 4.42 Å². The Kier molecular flexibility index (Phi) is 5.12. The molecule has 0 aliphatic rings. The van der Waals surface area contributed by atoms with Gasteiger partial charge in [-0.2, -0.15) is 5.10 Å². The summed E-state index contributed by atoms with van der Waals surface area (Å²) in [5, 5.41) is 7.00. The number of ketones is 1. The number of furan rings is 1. The van der Waals surface area contributed by atoms with Crippen LogP contribution < -0.4 is 5.32 Å². The SMILES string of the molecule is CC(=O)c1ccc(Cn2ccc(NC(=O)C=Cc3ccccc3C)n2)o1. The zero-order valence-corrected chi connectivity index (χ0v) is 14.6. The van der Waals surface area contributed by atoms with Gasteiger partial charge in [0, 0.05) is 25.3 Å². The highest BCUT2D eigenvalue weighted by molar-refractivity contribution is 6.01. The molecule has 0 aliphatic carbocycles. The van der Waals surface area contributed by atoms with E-state index in [2.05, 4.69) is 10.4 Å². The minimum absolute atomic E-state index is 0.120. The average molecular weight is 349 g/mol. The standard InChI is InChI=1S/C20H19N3O3/c1-14-5-3-4-6-16(14)7-10-20(25)21-19-11-12-23(22-19)13-17-8-9-18(26-17)15(2)24/h3-12H,13H2,1-2H3,(H,21,22,25). The van der Waals surface area contributed by atoms with Crippen molar-refractivity contribution in [2.24, 2.45) is 0 Å². The van der Waals surface area contributed by atoms with Gasteiger partial charge in [-0.15, -0.1) is 0 Å². The number of rotatable bonds is 6. The fourth-order valence-electron chi connectivity index (χ4n) is 2.44. The van der Waals surface area contributed by atoms with Crippen LogP contribution in [-0.4, -0.2) is 21.5 Å². The highest BCUT2D eigenvalue weighted by Gasteiger charge is 2.08. The van der Waals surface area contributed by atoms with Crippen LogP contribution in [0.25, 0.3) is 6.08 Å². The van der Waals surface area contributed by atoms with Crippen LogP contribution in [0.2, 0.25) is 0 Å². The summed E-state index contributed by atoms with van der Waals surface area (Å²) in [6.07, 6.45) is 4.98. The lowest BCUT2D eigenvalue weighted by Gasteiger charge is -2.00. The number of nitrogens with one attached hydrogen (secondary N) is 1. The second-order valence-corrected chi connectivity index (χ2v) is 5.90. The molecule has 1 aromatic carbocycles. The topological polar surface area (TPSA) is 77.1 Å². The normalized spacial score (nSPS) is 11.0. The van der Waals surface area contributed by atoms with E-state index in [0.717, 1.165) is 11.1 Å². The van der Waals surface area contributed by atoms with Crippen molar-refractivity contribution >= 4 is 23.6 Å². The summed E-state index contributed by atoms with van der Waals surface area (Å²) >= 11 is 0. The molecule has 0 unspecified atom stereocenters. The van der Waals surface area contributed by atoms with Crippen molar-refractivity contribution in [3.63, 3.8) is 0 Å². The van der Waals surface area contributed by atoms with E-state index in [-0.39, 0.29) is 11.7 Å². The Morgan fingerprint density at radius 2 is 2.00 bits per heavy atom. The molecule has 1 amide bonds. The van der Waals surface area contributed by atoms with Gasteiger partial charge < -0.3 is 9.73 Å². The van der Waals surface area contributed by atoms with E-state index in [1.54, 1.807) is 35.2 Å². The smallest absolute Gasteiger partial charge is 0.249 e. The molecule has 3 aromatic rings. The van der Waals surface area contributed by atoms with Crippen molar-refractivity contribution in [3.8, 4) is 0 Å². The molecule has 2 heterocycles. The number of hydrogen-bond acceptors (Lipinski definition) is 4. The third-order valence-electron chi connectivity index (χ3n) is 3.82. The van der Waals surface area contributed by atoms with Crippen LogP contribution >= 0.6 is 0 Å². The Morgan fingerprint density at radius 1 is 1.19 bits per heavy atom. The van der Waals surface area contributed by atoms with Crippen molar-refractivity contribution in [1.82, 2.24) is 9.78 Å². The van der Waals surface area contributed by atoms with Gasteiger partial charge in [0.05, 0.1) is 6.54 Å². The van der Waals surface area contributed by atoms with Crippen molar-refractivity contribution in [1.29, 1.82) is 0 Å². The number of nitrogens with zero attached hydrogens (tertiary/aromatic N) is 2. The van der Waals surface area contributed by atoms with Crippen LogP contribution in [0.1, 0.15) is 34.4 Å². The fraction of sp³-hybridized carbons (Fsp3) is 0.150. The Bertz CT molecular complexity index is 966. The molecule has 132 valence electrons. The van der Waals surface area contributed by atoms with E-state index in [1.165, 1.54) is 13.0 Å². The molecule has 0 spiro atoms. The number of carbonyl (C=O) groups excluding carboxylic acids is 2. The van der Waals surface area contributed by atoms with Crippen molar-refractivity contribution in [2.75, 3.05) is 5.32 Å². The molecular weight excluding hydrogens is 330 g/mol. The molecule has 0 radical (unpaired) electrons. The highest BCUT2D eigenvalue weighted by atomic mass is 16.3. The summed E-state index contributed by atoms with van der Waals surface area (Å²) < 4.78 is 7.06. The number of aromatic nitrogens is 2. The molecular formula is C20H19N3O3. The minimum atomic E-state index is -0.254. The number of amides is 1. The first-order valence-electron chi connectivity index (χ1n) is 8.19. The lowest BCUT2D eigenvalue weighted by molar-refractivity contribution is -0.111. The molecule has 0 aliphatic heterocycles. The number of benzene rings is 1. The molecule has 0 saturated carbocycles. The number of hydrogen-bond donors (Lipinski definition) is 1. The van der Waals surface area contributed by atoms with Crippen LogP contribution in [0.4, 0.5) is 5.82 Å². The number of aryl methyl sites for hydroxylation is 1. The van der Waals surface area contributed by atoms with Crippen LogP contribution in [0.15, 0.2) is 59.2 Å². The van der Waals surface area contributed by atoms with Crippen LogP contribution in [0.3, 0.4) is 0 Å². The third-order valence-corrected chi connectivity index (χ3v) is 3.82. The molecule has 3 rings (SSSR count). The summed E-state index contributed by atoms with van der Waals surface area (Å²) in [5.74, 6) is 1.01. The average Bonchev–Trinajstić information content (AvgIpc) is 3.24. The molecule has 6 nitrogen and oxygen atoms in total. The maximum absolute atomic E-state index is 12.0. The van der Waals surface area contributed by atoms with Gasteiger partial charge in [0.25, 0.3) is 0 Å². The summed E-state index contributed by atoms with van der Waals surface area (Å²) in [6, 6.07) is 12.9. The first-order valence-corrected chi connectivity index (χ1v) is 8.19. The van der Waals surface area contributed by atoms with Gasteiger partial charge in [0.15, 0.2) is 17.4 Å². The van der Waals surface area contributed by atoms with E-state index in [1.807, 2.05) is 31.2 Å². The van der Waals surface area contributed by atoms with Gasteiger partial charge in [0.1, 0.15) is 5.76 Å². The van der Waals surface area contributed by atoms with Crippen molar-refractivity contribution in [3.05, 3.63) is 77.4 Å². The predicted molar refractivity (Wildman–Crippen MR) is 98.9 cm³/mol. The quantitative estimate of drug-likeness (QED) is 0.544. The Hall–Kier alpha value is -3.41. The monoisotopic (exact) mass is 349 g/mol. The van der Waals surface area contributed by atoms with Gasteiger partial charge in [0.2, 0.25) is 5.91 Å². The van der Waals surface area contributed by atoms with Crippen LogP contribution in [-0.2, 0) is 11.3 Å². The molecule has 6 heteroatoms. The summed E-state index contributed by atoms with van der Waals surface area (Å²) in [4.78, 5) is 23.3. The summed E-state index contributed by atoms with van der Waals surface area (Å²) in [6.45, 7) is 3.82. The number of Topliss-reactive ketones (excluding diaryl/α,β-unsaturated/α-hetero) is 1. The molecule has 26 heavy (non-hydrogen) atoms. The lowest BCUT2D eigenvalue weighted by Crippen LogP contribution is -2.09. The van der Waals surface area contributed by atoms with E-state index in [0.29, 0.717) is 23.9 Å². The molecule has 0 saturated heterocycles. The number of anilines is 1. The fourth-order valence-corrected chi connectivity index (χ4v) is 2.44. The van der Waals surface area contributed by atoms with E-state index < -0.39 is 0 Å². The number of carbonyl (C=O) groups is 2. The molecule has 0 bridgehead atoms. The zero-order chi connectivity index (χ0) is 18.5. The lowest BCUT2D eigenvalue weighted by atomic mass is 10.1. The van der Waals surface area contributed by atoms with Gasteiger partial charge in [-0.3, -0.25) is 14.3 Å². The van der Waals surface area contributed by atoms with Crippen molar-refractivity contribution < 1.29 is 14.0 Å². The first-order chi connectivity index (χ1) is 12.5. The van der Waals surface area contributed by atoms with E-state index >= 15 is 0 Å². The van der Waals surface area contributed by atoms with Gasteiger partial charge in [-0.25, -0.2) is 0 Å². The Labute approximate surface area is 151 Å². The van der Waals surface area contributed by atoms with Gasteiger partial charge in [-0.05, 0) is 36.3 Å². The first kappa shape index (κ1) is 17.4. The predicted octanol–water partition coefficient (Wildman–Crippen LogP) is 3.69. The minimum Gasteiger partial charge on any atom is -0.456 e. The Balaban J connectivity index is 1.60. The third kappa shape index (κ3) is 4.36. The largest absolute Gasteiger partial charge is 0.456 e. The molecule has 0 atom stereocenters. The highest BCUT2D eigenvalue weighted by Crippen LogP contribution is 2.12. The molecule has 1 N–H and O–H groups in total. The zero-order valence-electron chi connectivity index (χ0n) is 14.6. The van der Waals surface area contributed by atoms with E-state index in [9.17, 15) is 9.59 Å². The van der Waals surface area contributed by atoms with Crippen LogP contribution in [0.5, 0.6) is 0 Å². The van der Waals surface area contributed by atoms with Crippen LogP contribution in [0, 0.1) is 6.92 Å². The second kappa shape index (κ2) is 7.65. The molecule has 0 fully saturated rings.